The molecule has 0 radical (unpaired) electrons. The second-order valence-electron chi connectivity index (χ2n) is 3.43. The highest BCUT2D eigenvalue weighted by Gasteiger charge is 2.23. The van der Waals surface area contributed by atoms with Crippen LogP contribution in [0.2, 0.25) is 0 Å². The highest BCUT2D eigenvalue weighted by atomic mass is 79.9. The Balaban J connectivity index is 3.05. The largest absolute Gasteiger partial charge is 0.395 e. The molecule has 72 valence electrons. The molecule has 1 rings (SSSR count). The zero-order valence-electron chi connectivity index (χ0n) is 7.63. The molecular weight excluding hydrogens is 230 g/mol. The van der Waals surface area contributed by atoms with Crippen molar-refractivity contribution >= 4 is 15.9 Å². The molecule has 0 aliphatic heterocycles. The van der Waals surface area contributed by atoms with Crippen LogP contribution in [0.15, 0.2) is 28.7 Å². The maximum absolute atomic E-state index is 9.23. The van der Waals surface area contributed by atoms with Gasteiger partial charge in [-0.3, -0.25) is 0 Å². The summed E-state index contributed by atoms with van der Waals surface area (Å²) in [5.74, 6) is 0. The highest BCUT2D eigenvalue weighted by molar-refractivity contribution is 9.10. The van der Waals surface area contributed by atoms with Crippen LogP contribution in [0.3, 0.4) is 0 Å². The van der Waals surface area contributed by atoms with Crippen LogP contribution in [0, 0.1) is 0 Å². The molecule has 0 saturated heterocycles. The minimum atomic E-state index is -0.330. The molecule has 1 aromatic rings. The summed E-state index contributed by atoms with van der Waals surface area (Å²) in [6, 6.07) is 7.87. The van der Waals surface area contributed by atoms with E-state index in [1.54, 1.807) is 0 Å². The van der Waals surface area contributed by atoms with Crippen LogP contribution < -0.4 is 5.73 Å². The van der Waals surface area contributed by atoms with Gasteiger partial charge in [-0.15, -0.1) is 0 Å². The van der Waals surface area contributed by atoms with Gasteiger partial charge in [-0.2, -0.15) is 0 Å². The molecule has 13 heavy (non-hydrogen) atoms. The fraction of sp³-hybridized carbons (Fsp3) is 0.400. The van der Waals surface area contributed by atoms with Crippen LogP contribution in [0.1, 0.15) is 12.5 Å². The van der Waals surface area contributed by atoms with Gasteiger partial charge in [0.25, 0.3) is 0 Å². The van der Waals surface area contributed by atoms with E-state index in [0.29, 0.717) is 6.54 Å². The first kappa shape index (κ1) is 10.7. The number of hydrogen-bond donors (Lipinski definition) is 2. The van der Waals surface area contributed by atoms with Crippen molar-refractivity contribution < 1.29 is 5.11 Å². The maximum Gasteiger partial charge on any atom is 0.0537 e. The molecule has 0 spiro atoms. The minimum Gasteiger partial charge on any atom is -0.395 e. The van der Waals surface area contributed by atoms with E-state index in [0.717, 1.165) is 10.0 Å². The van der Waals surface area contributed by atoms with Crippen LogP contribution >= 0.6 is 15.9 Å². The third-order valence-corrected chi connectivity index (χ3v) is 2.81. The molecule has 0 fully saturated rings. The van der Waals surface area contributed by atoms with Crippen LogP contribution in [0.25, 0.3) is 0 Å². The first-order valence-electron chi connectivity index (χ1n) is 4.19. The van der Waals surface area contributed by atoms with Gasteiger partial charge in [0.05, 0.1) is 6.61 Å². The molecule has 0 aromatic heterocycles. The summed E-state index contributed by atoms with van der Waals surface area (Å²) in [6.45, 7) is 2.47. The summed E-state index contributed by atoms with van der Waals surface area (Å²) in [5.41, 5.74) is 6.36. The molecule has 1 atom stereocenters. The molecule has 0 saturated carbocycles. The molecule has 3 N–H and O–H groups in total. The van der Waals surface area contributed by atoms with Crippen LogP contribution in [-0.4, -0.2) is 18.3 Å². The van der Waals surface area contributed by atoms with Crippen molar-refractivity contribution in [3.8, 4) is 0 Å². The van der Waals surface area contributed by atoms with Gasteiger partial charge in [0.2, 0.25) is 0 Å². The van der Waals surface area contributed by atoms with E-state index < -0.39 is 0 Å². The van der Waals surface area contributed by atoms with Gasteiger partial charge in [-0.05, 0) is 17.7 Å². The average molecular weight is 244 g/mol. The van der Waals surface area contributed by atoms with E-state index in [1.807, 2.05) is 31.2 Å². The number of aliphatic hydroxyl groups is 1. The fourth-order valence-corrected chi connectivity index (χ4v) is 1.54. The van der Waals surface area contributed by atoms with Crippen LogP contribution in [0.5, 0.6) is 0 Å². The first-order chi connectivity index (χ1) is 6.12. The smallest absolute Gasteiger partial charge is 0.0537 e. The van der Waals surface area contributed by atoms with E-state index >= 15 is 0 Å². The first-order valence-corrected chi connectivity index (χ1v) is 4.98. The molecule has 0 bridgehead atoms. The van der Waals surface area contributed by atoms with Crippen molar-refractivity contribution in [1.29, 1.82) is 0 Å². The third kappa shape index (κ3) is 2.30. The van der Waals surface area contributed by atoms with Gasteiger partial charge in [0.1, 0.15) is 0 Å². The average Bonchev–Trinajstić information content (AvgIpc) is 2.17. The van der Waals surface area contributed by atoms with Gasteiger partial charge in [0, 0.05) is 16.4 Å². The molecule has 0 amide bonds. The van der Waals surface area contributed by atoms with Gasteiger partial charge in [-0.25, -0.2) is 0 Å². The quantitative estimate of drug-likeness (QED) is 0.849. The van der Waals surface area contributed by atoms with Gasteiger partial charge in [-0.1, -0.05) is 35.0 Å². The van der Waals surface area contributed by atoms with Crippen molar-refractivity contribution in [3.05, 3.63) is 34.3 Å². The van der Waals surface area contributed by atoms with Crippen molar-refractivity contribution in [3.63, 3.8) is 0 Å². The summed E-state index contributed by atoms with van der Waals surface area (Å²) < 4.78 is 1.01. The Morgan fingerprint density at radius 1 is 1.54 bits per heavy atom. The molecular formula is C10H14BrNO. The summed E-state index contributed by atoms with van der Waals surface area (Å²) in [6.07, 6.45) is 0. The number of halogens is 1. The number of hydrogen-bond acceptors (Lipinski definition) is 2. The Labute approximate surface area is 86.9 Å². The van der Waals surface area contributed by atoms with E-state index in [9.17, 15) is 5.11 Å². The zero-order valence-corrected chi connectivity index (χ0v) is 9.21. The standard InChI is InChI=1S/C10H14BrNO/c1-10(6-12,7-13)8-3-2-4-9(11)5-8/h2-5,13H,6-7,12H2,1H3. The second kappa shape index (κ2) is 4.22. The van der Waals surface area contributed by atoms with Gasteiger partial charge < -0.3 is 10.8 Å². The Bertz CT molecular complexity index is 284. The molecule has 3 heteroatoms. The van der Waals surface area contributed by atoms with Crippen molar-refractivity contribution in [2.45, 2.75) is 12.3 Å². The number of aliphatic hydroxyl groups excluding tert-OH is 1. The summed E-state index contributed by atoms with van der Waals surface area (Å²) in [5, 5.41) is 9.23. The number of nitrogens with two attached hydrogens (primary N) is 1. The molecule has 0 aliphatic rings. The summed E-state index contributed by atoms with van der Waals surface area (Å²) in [4.78, 5) is 0. The second-order valence-corrected chi connectivity index (χ2v) is 4.35. The summed E-state index contributed by atoms with van der Waals surface area (Å²) >= 11 is 3.39. The van der Waals surface area contributed by atoms with Crippen LogP contribution in [0.4, 0.5) is 0 Å². The lowest BCUT2D eigenvalue weighted by Crippen LogP contribution is -2.35. The topological polar surface area (TPSA) is 46.2 Å². The molecule has 2 nitrogen and oxygen atoms in total. The lowest BCUT2D eigenvalue weighted by molar-refractivity contribution is 0.210. The number of benzene rings is 1. The Morgan fingerprint density at radius 2 is 2.23 bits per heavy atom. The number of rotatable bonds is 3. The zero-order chi connectivity index (χ0) is 9.90. The molecule has 1 unspecified atom stereocenters. The highest BCUT2D eigenvalue weighted by Crippen LogP contribution is 2.24. The Hall–Kier alpha value is -0.380. The lowest BCUT2D eigenvalue weighted by atomic mass is 9.83. The Morgan fingerprint density at radius 3 is 2.69 bits per heavy atom. The maximum atomic E-state index is 9.23. The predicted octanol–water partition coefficient (Wildman–Crippen LogP) is 1.66. The minimum absolute atomic E-state index is 0.0694. The van der Waals surface area contributed by atoms with Crippen molar-refractivity contribution in [2.24, 2.45) is 5.73 Å². The van der Waals surface area contributed by atoms with E-state index in [4.69, 9.17) is 5.73 Å². The molecule has 0 aliphatic carbocycles. The fourth-order valence-electron chi connectivity index (χ4n) is 1.14. The monoisotopic (exact) mass is 243 g/mol. The molecule has 1 aromatic carbocycles. The SMILES string of the molecule is CC(CN)(CO)c1cccc(Br)c1. The predicted molar refractivity (Wildman–Crippen MR) is 57.6 cm³/mol. The van der Waals surface area contributed by atoms with Gasteiger partial charge in [0.15, 0.2) is 0 Å². The normalized spacial score (nSPS) is 15.4. The lowest BCUT2D eigenvalue weighted by Gasteiger charge is -2.25. The van der Waals surface area contributed by atoms with Crippen molar-refractivity contribution in [1.82, 2.24) is 0 Å². The van der Waals surface area contributed by atoms with Crippen molar-refractivity contribution in [2.75, 3.05) is 13.2 Å². The van der Waals surface area contributed by atoms with Crippen LogP contribution in [-0.2, 0) is 5.41 Å². The van der Waals surface area contributed by atoms with E-state index in [2.05, 4.69) is 15.9 Å². The Kier molecular flexibility index (Phi) is 3.47. The third-order valence-electron chi connectivity index (χ3n) is 2.32. The molecule has 0 heterocycles. The van der Waals surface area contributed by atoms with E-state index in [1.165, 1.54) is 0 Å². The summed E-state index contributed by atoms with van der Waals surface area (Å²) in [7, 11) is 0. The van der Waals surface area contributed by atoms with E-state index in [-0.39, 0.29) is 12.0 Å². The van der Waals surface area contributed by atoms with Gasteiger partial charge >= 0.3 is 0 Å².